The standard InChI is InChI=1S/C16H19N5O3/c1-11-19-14(24-20-11)10-18-15(22)12-4-7-21(8-5-12)16(23)13-3-2-6-17-9-13/h2-3,6,9,12H,4-5,7-8,10H2,1H3,(H,18,22). The molecule has 0 saturated carbocycles. The molecule has 1 saturated heterocycles. The second kappa shape index (κ2) is 7.20. The number of carbonyl (C=O) groups excluding carboxylic acids is 2. The van der Waals surface area contributed by atoms with E-state index in [1.807, 2.05) is 0 Å². The fraction of sp³-hybridized carbons (Fsp3) is 0.438. The molecule has 1 aliphatic rings. The van der Waals surface area contributed by atoms with Gasteiger partial charge in [0.05, 0.1) is 12.1 Å². The van der Waals surface area contributed by atoms with E-state index in [1.54, 1.807) is 36.4 Å². The summed E-state index contributed by atoms with van der Waals surface area (Å²) < 4.78 is 4.96. The van der Waals surface area contributed by atoms with Crippen molar-refractivity contribution in [1.29, 1.82) is 0 Å². The van der Waals surface area contributed by atoms with E-state index in [1.165, 1.54) is 0 Å². The zero-order valence-corrected chi connectivity index (χ0v) is 13.4. The van der Waals surface area contributed by atoms with E-state index in [0.717, 1.165) is 0 Å². The van der Waals surface area contributed by atoms with Crippen LogP contribution < -0.4 is 5.32 Å². The van der Waals surface area contributed by atoms with Crippen molar-refractivity contribution >= 4 is 11.8 Å². The van der Waals surface area contributed by atoms with Crippen LogP contribution in [0.1, 0.15) is 34.9 Å². The Bertz CT molecular complexity index is 708. The highest BCUT2D eigenvalue weighted by atomic mass is 16.5. The first-order valence-corrected chi connectivity index (χ1v) is 7.89. The molecule has 0 spiro atoms. The van der Waals surface area contributed by atoms with Crippen molar-refractivity contribution in [1.82, 2.24) is 25.3 Å². The normalized spacial score (nSPS) is 15.3. The van der Waals surface area contributed by atoms with Gasteiger partial charge in [-0.2, -0.15) is 4.98 Å². The van der Waals surface area contributed by atoms with Crippen LogP contribution in [-0.4, -0.2) is 44.9 Å². The Balaban J connectivity index is 1.47. The lowest BCUT2D eigenvalue weighted by Crippen LogP contribution is -2.43. The summed E-state index contributed by atoms with van der Waals surface area (Å²) in [6, 6.07) is 3.49. The molecule has 126 valence electrons. The van der Waals surface area contributed by atoms with Gasteiger partial charge in [-0.05, 0) is 31.9 Å². The number of hydrogen-bond acceptors (Lipinski definition) is 6. The zero-order valence-electron chi connectivity index (χ0n) is 13.4. The third-order valence-corrected chi connectivity index (χ3v) is 4.04. The topological polar surface area (TPSA) is 101 Å². The number of aromatic nitrogens is 3. The Labute approximate surface area is 139 Å². The number of hydrogen-bond donors (Lipinski definition) is 1. The molecule has 0 aromatic carbocycles. The molecular weight excluding hydrogens is 310 g/mol. The van der Waals surface area contributed by atoms with Crippen LogP contribution in [0.25, 0.3) is 0 Å². The van der Waals surface area contributed by atoms with E-state index in [0.29, 0.717) is 43.2 Å². The first kappa shape index (κ1) is 16.1. The van der Waals surface area contributed by atoms with Crippen LogP contribution in [0.4, 0.5) is 0 Å². The van der Waals surface area contributed by atoms with E-state index < -0.39 is 0 Å². The van der Waals surface area contributed by atoms with Gasteiger partial charge in [0, 0.05) is 31.4 Å². The van der Waals surface area contributed by atoms with Gasteiger partial charge in [0.1, 0.15) is 0 Å². The fourth-order valence-corrected chi connectivity index (χ4v) is 2.74. The quantitative estimate of drug-likeness (QED) is 0.896. The van der Waals surface area contributed by atoms with E-state index >= 15 is 0 Å². The Kier molecular flexibility index (Phi) is 4.83. The molecule has 3 heterocycles. The maximum atomic E-state index is 12.3. The first-order chi connectivity index (χ1) is 11.6. The molecule has 0 radical (unpaired) electrons. The lowest BCUT2D eigenvalue weighted by Gasteiger charge is -2.31. The van der Waals surface area contributed by atoms with Gasteiger partial charge in [-0.3, -0.25) is 14.6 Å². The van der Waals surface area contributed by atoms with Crippen molar-refractivity contribution < 1.29 is 14.1 Å². The lowest BCUT2D eigenvalue weighted by atomic mass is 9.95. The van der Waals surface area contributed by atoms with Crippen molar-refractivity contribution in [2.75, 3.05) is 13.1 Å². The first-order valence-electron chi connectivity index (χ1n) is 7.89. The maximum Gasteiger partial charge on any atom is 0.255 e. The van der Waals surface area contributed by atoms with Crippen molar-refractivity contribution in [3.05, 3.63) is 41.8 Å². The largest absolute Gasteiger partial charge is 0.347 e. The van der Waals surface area contributed by atoms with Crippen molar-refractivity contribution in [2.24, 2.45) is 5.92 Å². The molecule has 2 aromatic heterocycles. The van der Waals surface area contributed by atoms with E-state index in [9.17, 15) is 9.59 Å². The van der Waals surface area contributed by atoms with Crippen LogP contribution in [-0.2, 0) is 11.3 Å². The van der Waals surface area contributed by atoms with Gasteiger partial charge in [0.25, 0.3) is 5.91 Å². The Morgan fingerprint density at radius 2 is 2.17 bits per heavy atom. The summed E-state index contributed by atoms with van der Waals surface area (Å²) in [4.78, 5) is 34.3. The predicted molar refractivity (Wildman–Crippen MR) is 83.7 cm³/mol. The van der Waals surface area contributed by atoms with Gasteiger partial charge in [0.2, 0.25) is 11.8 Å². The summed E-state index contributed by atoms with van der Waals surface area (Å²) in [6.45, 7) is 3.08. The molecule has 0 unspecified atom stereocenters. The number of nitrogens with zero attached hydrogens (tertiary/aromatic N) is 4. The van der Waals surface area contributed by atoms with Crippen molar-refractivity contribution in [2.45, 2.75) is 26.3 Å². The highest BCUT2D eigenvalue weighted by Crippen LogP contribution is 2.19. The summed E-state index contributed by atoms with van der Waals surface area (Å²) in [5.41, 5.74) is 0.576. The molecule has 0 aliphatic carbocycles. The van der Waals surface area contributed by atoms with E-state index in [4.69, 9.17) is 4.52 Å². The van der Waals surface area contributed by atoms with Crippen molar-refractivity contribution in [3.8, 4) is 0 Å². The van der Waals surface area contributed by atoms with Gasteiger partial charge in [-0.25, -0.2) is 0 Å². The van der Waals surface area contributed by atoms with Gasteiger partial charge in [-0.1, -0.05) is 5.16 Å². The molecule has 8 heteroatoms. The van der Waals surface area contributed by atoms with Crippen LogP contribution >= 0.6 is 0 Å². The number of aryl methyl sites for hydroxylation is 1. The molecule has 2 aromatic rings. The SMILES string of the molecule is Cc1noc(CNC(=O)C2CCN(C(=O)c3cccnc3)CC2)n1. The van der Waals surface area contributed by atoms with Gasteiger partial charge < -0.3 is 14.7 Å². The molecule has 1 N–H and O–H groups in total. The third kappa shape index (κ3) is 3.76. The molecule has 3 rings (SSSR count). The second-order valence-electron chi connectivity index (χ2n) is 5.76. The predicted octanol–water partition coefficient (Wildman–Crippen LogP) is 0.942. The minimum atomic E-state index is -0.105. The highest BCUT2D eigenvalue weighted by Gasteiger charge is 2.28. The lowest BCUT2D eigenvalue weighted by molar-refractivity contribution is -0.126. The van der Waals surface area contributed by atoms with Crippen LogP contribution in [0.3, 0.4) is 0 Å². The number of amides is 2. The number of piperidine rings is 1. The number of pyridine rings is 1. The van der Waals surface area contributed by atoms with Crippen LogP contribution in [0.5, 0.6) is 0 Å². The minimum Gasteiger partial charge on any atom is -0.347 e. The number of nitrogens with one attached hydrogen (secondary N) is 1. The van der Waals surface area contributed by atoms with E-state index in [-0.39, 0.29) is 24.3 Å². The van der Waals surface area contributed by atoms with Gasteiger partial charge in [-0.15, -0.1) is 0 Å². The summed E-state index contributed by atoms with van der Waals surface area (Å²) in [5, 5.41) is 6.49. The molecule has 1 aliphatic heterocycles. The molecule has 2 amide bonds. The Hall–Kier alpha value is -2.77. The van der Waals surface area contributed by atoms with Crippen molar-refractivity contribution in [3.63, 3.8) is 0 Å². The summed E-state index contributed by atoms with van der Waals surface area (Å²) in [5.74, 6) is 0.751. The zero-order chi connectivity index (χ0) is 16.9. The molecule has 24 heavy (non-hydrogen) atoms. The average Bonchev–Trinajstić information content (AvgIpc) is 3.05. The highest BCUT2D eigenvalue weighted by molar-refractivity contribution is 5.94. The van der Waals surface area contributed by atoms with Crippen LogP contribution in [0, 0.1) is 12.8 Å². The monoisotopic (exact) mass is 329 g/mol. The van der Waals surface area contributed by atoms with Crippen LogP contribution in [0.15, 0.2) is 29.0 Å². The Morgan fingerprint density at radius 3 is 2.79 bits per heavy atom. The molecule has 8 nitrogen and oxygen atoms in total. The maximum absolute atomic E-state index is 12.3. The summed E-state index contributed by atoms with van der Waals surface area (Å²) >= 11 is 0. The number of likely N-dealkylation sites (tertiary alicyclic amines) is 1. The van der Waals surface area contributed by atoms with E-state index in [2.05, 4.69) is 20.4 Å². The summed E-state index contributed by atoms with van der Waals surface area (Å²) in [7, 11) is 0. The molecule has 0 bridgehead atoms. The average molecular weight is 329 g/mol. The third-order valence-electron chi connectivity index (χ3n) is 4.04. The smallest absolute Gasteiger partial charge is 0.255 e. The molecule has 1 fully saturated rings. The van der Waals surface area contributed by atoms with Crippen LogP contribution in [0.2, 0.25) is 0 Å². The van der Waals surface area contributed by atoms with Gasteiger partial charge in [0.15, 0.2) is 5.82 Å². The second-order valence-corrected chi connectivity index (χ2v) is 5.76. The number of rotatable bonds is 4. The minimum absolute atomic E-state index is 0.0386. The summed E-state index contributed by atoms with van der Waals surface area (Å²) in [6.07, 6.45) is 4.48. The molecule has 0 atom stereocenters. The van der Waals surface area contributed by atoms with Gasteiger partial charge >= 0.3 is 0 Å². The fourth-order valence-electron chi connectivity index (χ4n) is 2.74. The molecular formula is C16H19N5O3. The number of carbonyl (C=O) groups is 2. The Morgan fingerprint density at radius 1 is 1.38 bits per heavy atom.